The van der Waals surface area contributed by atoms with Crippen molar-refractivity contribution in [3.05, 3.63) is 53.6 Å². The van der Waals surface area contributed by atoms with E-state index in [1.807, 2.05) is 6.92 Å². The Morgan fingerprint density at radius 3 is 2.33 bits per heavy atom. The van der Waals surface area contributed by atoms with E-state index >= 15 is 0 Å². The van der Waals surface area contributed by atoms with Crippen molar-refractivity contribution in [2.75, 3.05) is 20.3 Å². The SMILES string of the molecule is CCCCCCOC(=O)c1ccc(O)c(OC)c1.CCOc1ccccc1C(=O)O. The third kappa shape index (κ3) is 8.43. The number of rotatable bonds is 10. The molecular weight excluding hydrogens is 388 g/mol. The average Bonchev–Trinajstić information content (AvgIpc) is 2.74. The summed E-state index contributed by atoms with van der Waals surface area (Å²) in [5.74, 6) is -0.635. The molecule has 0 aliphatic rings. The second-order valence-corrected chi connectivity index (χ2v) is 6.32. The molecule has 7 nitrogen and oxygen atoms in total. The average molecular weight is 418 g/mol. The van der Waals surface area contributed by atoms with E-state index in [-0.39, 0.29) is 23.0 Å². The fourth-order valence-corrected chi connectivity index (χ4v) is 2.51. The minimum Gasteiger partial charge on any atom is -0.504 e. The van der Waals surface area contributed by atoms with Crippen molar-refractivity contribution in [3.8, 4) is 17.2 Å². The van der Waals surface area contributed by atoms with Crippen LogP contribution < -0.4 is 9.47 Å². The maximum Gasteiger partial charge on any atom is 0.339 e. The number of benzene rings is 2. The van der Waals surface area contributed by atoms with Gasteiger partial charge in [0.25, 0.3) is 0 Å². The Hall–Kier alpha value is -3.22. The predicted octanol–water partition coefficient (Wildman–Crippen LogP) is 4.92. The molecular formula is C23H30O7. The molecule has 0 heterocycles. The summed E-state index contributed by atoms with van der Waals surface area (Å²) in [6, 6.07) is 11.0. The lowest BCUT2D eigenvalue weighted by Crippen LogP contribution is -2.06. The van der Waals surface area contributed by atoms with Crippen LogP contribution in [0.5, 0.6) is 17.2 Å². The molecule has 0 atom stereocenters. The predicted molar refractivity (Wildman–Crippen MR) is 114 cm³/mol. The molecule has 0 unspecified atom stereocenters. The Bertz CT molecular complexity index is 802. The molecule has 0 aromatic heterocycles. The largest absolute Gasteiger partial charge is 0.504 e. The first-order valence-corrected chi connectivity index (χ1v) is 9.93. The Labute approximate surface area is 177 Å². The van der Waals surface area contributed by atoms with E-state index in [9.17, 15) is 14.7 Å². The molecule has 0 spiro atoms. The maximum atomic E-state index is 11.7. The van der Waals surface area contributed by atoms with Crippen molar-refractivity contribution < 1.29 is 34.0 Å². The second-order valence-electron chi connectivity index (χ2n) is 6.32. The highest BCUT2D eigenvalue weighted by atomic mass is 16.5. The topological polar surface area (TPSA) is 102 Å². The fourth-order valence-electron chi connectivity index (χ4n) is 2.51. The van der Waals surface area contributed by atoms with Gasteiger partial charge in [0.1, 0.15) is 11.3 Å². The molecule has 0 amide bonds. The molecule has 30 heavy (non-hydrogen) atoms. The van der Waals surface area contributed by atoms with Crippen LogP contribution in [-0.4, -0.2) is 42.5 Å². The zero-order valence-electron chi connectivity index (χ0n) is 17.7. The van der Waals surface area contributed by atoms with E-state index < -0.39 is 5.97 Å². The van der Waals surface area contributed by atoms with E-state index in [2.05, 4.69) is 6.92 Å². The number of para-hydroxylation sites is 1. The number of phenols is 1. The molecule has 0 saturated heterocycles. The molecule has 2 N–H and O–H groups in total. The highest BCUT2D eigenvalue weighted by molar-refractivity contribution is 5.91. The molecule has 0 saturated carbocycles. The van der Waals surface area contributed by atoms with Crippen LogP contribution in [0.2, 0.25) is 0 Å². The molecule has 0 fully saturated rings. The summed E-state index contributed by atoms with van der Waals surface area (Å²) in [5.41, 5.74) is 0.597. The first-order valence-electron chi connectivity index (χ1n) is 9.93. The van der Waals surface area contributed by atoms with Crippen LogP contribution in [0, 0.1) is 0 Å². The van der Waals surface area contributed by atoms with Crippen LogP contribution in [0.25, 0.3) is 0 Å². The van der Waals surface area contributed by atoms with Gasteiger partial charge in [-0.25, -0.2) is 9.59 Å². The van der Waals surface area contributed by atoms with Crippen LogP contribution in [-0.2, 0) is 4.74 Å². The molecule has 164 valence electrons. The normalized spacial score (nSPS) is 9.83. The van der Waals surface area contributed by atoms with Gasteiger partial charge < -0.3 is 24.4 Å². The van der Waals surface area contributed by atoms with Crippen LogP contribution in [0.15, 0.2) is 42.5 Å². The van der Waals surface area contributed by atoms with Gasteiger partial charge in [-0.2, -0.15) is 0 Å². The Kier molecular flexibility index (Phi) is 11.5. The lowest BCUT2D eigenvalue weighted by molar-refractivity contribution is 0.0497. The van der Waals surface area contributed by atoms with E-state index in [1.165, 1.54) is 31.4 Å². The first kappa shape index (κ1) is 24.8. The highest BCUT2D eigenvalue weighted by Crippen LogP contribution is 2.26. The Balaban J connectivity index is 0.000000325. The zero-order valence-corrected chi connectivity index (χ0v) is 17.7. The van der Waals surface area contributed by atoms with Gasteiger partial charge in [-0.3, -0.25) is 0 Å². The Morgan fingerprint density at radius 1 is 0.967 bits per heavy atom. The third-order valence-electron chi connectivity index (χ3n) is 4.06. The standard InChI is InChI=1S/C14H20O4.C9H10O3/c1-3-4-5-6-9-18-14(16)11-7-8-12(15)13(10-11)17-2;1-2-12-8-6-4-3-5-7(8)9(10)11/h7-8,10,15H,3-6,9H2,1-2H3;3-6H,2H2,1H3,(H,10,11). The van der Waals surface area contributed by atoms with Gasteiger partial charge in [-0.15, -0.1) is 0 Å². The molecule has 2 aromatic carbocycles. The molecule has 0 radical (unpaired) electrons. The summed E-state index contributed by atoms with van der Waals surface area (Å²) < 4.78 is 15.2. The number of hydrogen-bond donors (Lipinski definition) is 2. The summed E-state index contributed by atoms with van der Waals surface area (Å²) in [6.45, 7) is 4.86. The van der Waals surface area contributed by atoms with Crippen LogP contribution in [0.4, 0.5) is 0 Å². The van der Waals surface area contributed by atoms with Crippen molar-refractivity contribution in [1.29, 1.82) is 0 Å². The van der Waals surface area contributed by atoms with Crippen molar-refractivity contribution in [3.63, 3.8) is 0 Å². The lowest BCUT2D eigenvalue weighted by Gasteiger charge is -2.07. The first-order chi connectivity index (χ1) is 14.4. The molecule has 7 heteroatoms. The third-order valence-corrected chi connectivity index (χ3v) is 4.06. The molecule has 0 bridgehead atoms. The van der Waals surface area contributed by atoms with Crippen LogP contribution in [0.1, 0.15) is 60.2 Å². The maximum absolute atomic E-state index is 11.7. The van der Waals surface area contributed by atoms with Gasteiger partial charge in [-0.05, 0) is 43.7 Å². The summed E-state index contributed by atoms with van der Waals surface area (Å²) >= 11 is 0. The number of hydrogen-bond acceptors (Lipinski definition) is 6. The fraction of sp³-hybridized carbons (Fsp3) is 0.391. The summed E-state index contributed by atoms with van der Waals surface area (Å²) in [7, 11) is 1.44. The smallest absolute Gasteiger partial charge is 0.339 e. The number of aromatic hydroxyl groups is 1. The van der Waals surface area contributed by atoms with Crippen LogP contribution >= 0.6 is 0 Å². The lowest BCUT2D eigenvalue weighted by atomic mass is 10.2. The summed E-state index contributed by atoms with van der Waals surface area (Å²) in [4.78, 5) is 22.3. The van der Waals surface area contributed by atoms with E-state index in [0.717, 1.165) is 25.7 Å². The summed E-state index contributed by atoms with van der Waals surface area (Å²) in [6.07, 6.45) is 4.27. The van der Waals surface area contributed by atoms with Gasteiger partial charge in [0, 0.05) is 0 Å². The van der Waals surface area contributed by atoms with E-state index in [4.69, 9.17) is 19.3 Å². The zero-order chi connectivity index (χ0) is 22.4. The number of unbranched alkanes of at least 4 members (excludes halogenated alkanes) is 3. The van der Waals surface area contributed by atoms with E-state index in [0.29, 0.717) is 24.5 Å². The monoisotopic (exact) mass is 418 g/mol. The number of ether oxygens (including phenoxy) is 3. The van der Waals surface area contributed by atoms with Crippen molar-refractivity contribution in [1.82, 2.24) is 0 Å². The number of carboxylic acids is 1. The van der Waals surface area contributed by atoms with Crippen molar-refractivity contribution in [2.24, 2.45) is 0 Å². The minimum absolute atomic E-state index is 0.0111. The molecule has 0 aliphatic heterocycles. The van der Waals surface area contributed by atoms with Gasteiger partial charge in [-0.1, -0.05) is 38.3 Å². The van der Waals surface area contributed by atoms with Gasteiger partial charge >= 0.3 is 11.9 Å². The van der Waals surface area contributed by atoms with Gasteiger partial charge in [0.05, 0.1) is 25.9 Å². The van der Waals surface area contributed by atoms with Crippen molar-refractivity contribution >= 4 is 11.9 Å². The molecule has 2 aromatic rings. The number of methoxy groups -OCH3 is 1. The van der Waals surface area contributed by atoms with Crippen molar-refractivity contribution in [2.45, 2.75) is 39.5 Å². The highest BCUT2D eigenvalue weighted by Gasteiger charge is 2.11. The number of phenolic OH excluding ortho intramolecular Hbond substituents is 1. The number of carbonyl (C=O) groups excluding carboxylic acids is 1. The molecule has 0 aliphatic carbocycles. The number of carbonyl (C=O) groups is 2. The van der Waals surface area contributed by atoms with Gasteiger partial charge in [0.15, 0.2) is 11.5 Å². The number of esters is 1. The summed E-state index contributed by atoms with van der Waals surface area (Å²) in [5, 5.41) is 18.1. The Morgan fingerprint density at radius 2 is 1.70 bits per heavy atom. The second kappa shape index (κ2) is 13.9. The quantitative estimate of drug-likeness (QED) is 0.417. The number of aromatic carboxylic acids is 1. The van der Waals surface area contributed by atoms with Crippen LogP contribution in [0.3, 0.4) is 0 Å². The molecule has 2 rings (SSSR count). The van der Waals surface area contributed by atoms with Gasteiger partial charge in [0.2, 0.25) is 0 Å². The minimum atomic E-state index is -0.959. The number of carboxylic acid groups (broad SMARTS) is 1. The van der Waals surface area contributed by atoms with E-state index in [1.54, 1.807) is 18.2 Å².